The molecule has 3 atom stereocenters. The first kappa shape index (κ1) is 13.3. The Hall–Kier alpha value is -0.120. The molecule has 100 valence electrons. The van der Waals surface area contributed by atoms with E-state index in [9.17, 15) is 5.11 Å². The lowest BCUT2D eigenvalue weighted by molar-refractivity contribution is -0.105. The number of rotatable bonds is 2. The molecular formula is C14H27NO2. The third kappa shape index (κ3) is 3.21. The zero-order chi connectivity index (χ0) is 12.5. The molecule has 3 nitrogen and oxygen atoms in total. The molecule has 0 spiro atoms. The van der Waals surface area contributed by atoms with Gasteiger partial charge in [-0.15, -0.1) is 0 Å². The Morgan fingerprint density at radius 3 is 2.71 bits per heavy atom. The van der Waals surface area contributed by atoms with E-state index >= 15 is 0 Å². The summed E-state index contributed by atoms with van der Waals surface area (Å²) in [7, 11) is 0. The van der Waals surface area contributed by atoms with E-state index in [-0.39, 0.29) is 11.5 Å². The van der Waals surface area contributed by atoms with Gasteiger partial charge in [0.2, 0.25) is 0 Å². The van der Waals surface area contributed by atoms with Crippen LogP contribution in [0.4, 0.5) is 0 Å². The molecule has 1 aliphatic heterocycles. The summed E-state index contributed by atoms with van der Waals surface area (Å²) in [6, 6.07) is 0.550. The van der Waals surface area contributed by atoms with Gasteiger partial charge in [0.15, 0.2) is 0 Å². The number of hydrogen-bond donors (Lipinski definition) is 1. The zero-order valence-corrected chi connectivity index (χ0v) is 11.5. The zero-order valence-electron chi connectivity index (χ0n) is 11.5. The number of nitrogens with zero attached hydrogens (tertiary/aromatic N) is 1. The number of β-amino-alcohol motifs (C(OH)–C–C–N with tert-alkyl or cyclic N) is 1. The summed E-state index contributed by atoms with van der Waals surface area (Å²) in [6.07, 6.45) is 5.23. The van der Waals surface area contributed by atoms with Gasteiger partial charge in [0.25, 0.3) is 0 Å². The van der Waals surface area contributed by atoms with Gasteiger partial charge in [-0.05, 0) is 18.3 Å². The van der Waals surface area contributed by atoms with Crippen LogP contribution in [0, 0.1) is 5.41 Å². The minimum atomic E-state index is -0.247. The summed E-state index contributed by atoms with van der Waals surface area (Å²) in [5.74, 6) is 0. The smallest absolute Gasteiger partial charge is 0.0730 e. The molecule has 17 heavy (non-hydrogen) atoms. The predicted octanol–water partition coefficient (Wildman–Crippen LogP) is 2.04. The highest BCUT2D eigenvalue weighted by atomic mass is 16.5. The van der Waals surface area contributed by atoms with Gasteiger partial charge in [-0.1, -0.05) is 33.6 Å². The van der Waals surface area contributed by atoms with Gasteiger partial charge in [-0.2, -0.15) is 0 Å². The predicted molar refractivity (Wildman–Crippen MR) is 69.0 cm³/mol. The third-order valence-corrected chi connectivity index (χ3v) is 4.25. The molecule has 1 saturated heterocycles. The van der Waals surface area contributed by atoms with Crippen molar-refractivity contribution in [3.63, 3.8) is 0 Å². The highest BCUT2D eigenvalue weighted by Crippen LogP contribution is 2.30. The van der Waals surface area contributed by atoms with Crippen molar-refractivity contribution in [1.82, 2.24) is 4.90 Å². The number of aliphatic hydroxyl groups is 1. The number of hydrogen-bond acceptors (Lipinski definition) is 3. The van der Waals surface area contributed by atoms with E-state index in [4.69, 9.17) is 4.74 Å². The molecular weight excluding hydrogens is 214 g/mol. The Balaban J connectivity index is 1.95. The minimum Gasteiger partial charge on any atom is -0.391 e. The molecule has 2 aliphatic rings. The van der Waals surface area contributed by atoms with Crippen molar-refractivity contribution >= 4 is 0 Å². The molecule has 3 heteroatoms. The highest BCUT2D eigenvalue weighted by molar-refractivity contribution is 4.89. The van der Waals surface area contributed by atoms with Crippen LogP contribution in [-0.2, 0) is 4.74 Å². The van der Waals surface area contributed by atoms with Crippen LogP contribution < -0.4 is 0 Å². The summed E-state index contributed by atoms with van der Waals surface area (Å²) in [6.45, 7) is 8.93. The number of morpholine rings is 1. The van der Waals surface area contributed by atoms with Gasteiger partial charge in [0, 0.05) is 19.1 Å². The summed E-state index contributed by atoms with van der Waals surface area (Å²) in [5.41, 5.74) is -0.0253. The summed E-state index contributed by atoms with van der Waals surface area (Å²) >= 11 is 0. The van der Waals surface area contributed by atoms with Crippen molar-refractivity contribution in [2.75, 3.05) is 19.7 Å². The van der Waals surface area contributed by atoms with Gasteiger partial charge in [-0.3, -0.25) is 4.90 Å². The van der Waals surface area contributed by atoms with Crippen LogP contribution in [0.25, 0.3) is 0 Å². The summed E-state index contributed by atoms with van der Waals surface area (Å²) < 4.78 is 5.86. The minimum absolute atomic E-state index is 0.0253. The van der Waals surface area contributed by atoms with Crippen LogP contribution in [0.2, 0.25) is 0 Å². The molecule has 0 aromatic rings. The van der Waals surface area contributed by atoms with E-state index in [0.29, 0.717) is 12.1 Å². The molecule has 2 fully saturated rings. The van der Waals surface area contributed by atoms with Crippen LogP contribution in [0.15, 0.2) is 0 Å². The van der Waals surface area contributed by atoms with E-state index in [1.165, 1.54) is 25.7 Å². The Morgan fingerprint density at radius 2 is 2.00 bits per heavy atom. The molecule has 1 N–H and O–H groups in total. The van der Waals surface area contributed by atoms with E-state index in [1.54, 1.807) is 0 Å². The first-order chi connectivity index (χ1) is 7.98. The van der Waals surface area contributed by atoms with Crippen LogP contribution in [0.1, 0.15) is 46.5 Å². The molecule has 1 saturated carbocycles. The average Bonchev–Trinajstić information content (AvgIpc) is 2.28. The summed E-state index contributed by atoms with van der Waals surface area (Å²) in [4.78, 5) is 2.46. The van der Waals surface area contributed by atoms with Crippen molar-refractivity contribution in [3.05, 3.63) is 0 Å². The van der Waals surface area contributed by atoms with Crippen LogP contribution in [0.5, 0.6) is 0 Å². The molecule has 0 bridgehead atoms. The fourth-order valence-electron chi connectivity index (χ4n) is 2.90. The molecule has 0 aromatic carbocycles. The molecule has 0 aromatic heterocycles. The molecule has 3 unspecified atom stereocenters. The monoisotopic (exact) mass is 241 g/mol. The summed E-state index contributed by atoms with van der Waals surface area (Å²) in [5, 5.41) is 10.2. The number of fused-ring (bicyclic) bond motifs is 1. The lowest BCUT2D eigenvalue weighted by Gasteiger charge is -2.45. The van der Waals surface area contributed by atoms with Gasteiger partial charge < -0.3 is 9.84 Å². The van der Waals surface area contributed by atoms with Crippen LogP contribution in [-0.4, -0.2) is 48.0 Å². The maximum atomic E-state index is 10.2. The van der Waals surface area contributed by atoms with E-state index < -0.39 is 0 Å². The second-order valence-corrected chi connectivity index (χ2v) is 6.64. The fourth-order valence-corrected chi connectivity index (χ4v) is 2.90. The maximum absolute atomic E-state index is 10.2. The first-order valence-corrected chi connectivity index (χ1v) is 7.02. The average molecular weight is 241 g/mol. The van der Waals surface area contributed by atoms with Crippen molar-refractivity contribution in [2.45, 2.75) is 64.7 Å². The Kier molecular flexibility index (Phi) is 4.11. The topological polar surface area (TPSA) is 32.7 Å². The normalized spacial score (nSPS) is 33.2. The van der Waals surface area contributed by atoms with E-state index in [2.05, 4.69) is 25.7 Å². The SMILES string of the molecule is CC(C)(C)C(O)CN1CCOC2CCCCC21. The van der Waals surface area contributed by atoms with Gasteiger partial charge >= 0.3 is 0 Å². The van der Waals surface area contributed by atoms with Gasteiger partial charge in [-0.25, -0.2) is 0 Å². The quantitative estimate of drug-likeness (QED) is 0.803. The van der Waals surface area contributed by atoms with Crippen molar-refractivity contribution in [2.24, 2.45) is 5.41 Å². The fraction of sp³-hybridized carbons (Fsp3) is 1.00. The lowest BCUT2D eigenvalue weighted by Crippen LogP contribution is -2.55. The van der Waals surface area contributed by atoms with Gasteiger partial charge in [0.1, 0.15) is 0 Å². The Labute approximate surface area is 105 Å². The second-order valence-electron chi connectivity index (χ2n) is 6.64. The second kappa shape index (κ2) is 5.25. The lowest BCUT2D eigenvalue weighted by atomic mass is 9.86. The third-order valence-electron chi connectivity index (χ3n) is 4.25. The molecule has 0 amide bonds. The maximum Gasteiger partial charge on any atom is 0.0730 e. The standard InChI is InChI=1S/C14H27NO2/c1-14(2,3)13(16)10-15-8-9-17-12-7-5-4-6-11(12)15/h11-13,16H,4-10H2,1-3H3. The number of aliphatic hydroxyl groups excluding tert-OH is 1. The highest BCUT2D eigenvalue weighted by Gasteiger charge is 2.36. The molecule has 2 rings (SSSR count). The van der Waals surface area contributed by atoms with Crippen LogP contribution >= 0.6 is 0 Å². The Morgan fingerprint density at radius 1 is 1.29 bits per heavy atom. The molecule has 1 aliphatic carbocycles. The first-order valence-electron chi connectivity index (χ1n) is 7.02. The molecule has 0 radical (unpaired) electrons. The van der Waals surface area contributed by atoms with E-state index in [1.807, 2.05) is 0 Å². The van der Waals surface area contributed by atoms with E-state index in [0.717, 1.165) is 19.7 Å². The van der Waals surface area contributed by atoms with Crippen molar-refractivity contribution in [3.8, 4) is 0 Å². The van der Waals surface area contributed by atoms with Crippen molar-refractivity contribution in [1.29, 1.82) is 0 Å². The van der Waals surface area contributed by atoms with Crippen LogP contribution in [0.3, 0.4) is 0 Å². The Bertz CT molecular complexity index is 247. The van der Waals surface area contributed by atoms with Crippen molar-refractivity contribution < 1.29 is 9.84 Å². The van der Waals surface area contributed by atoms with Gasteiger partial charge in [0.05, 0.1) is 18.8 Å². The molecule has 1 heterocycles. The number of ether oxygens (including phenoxy) is 1. The largest absolute Gasteiger partial charge is 0.391 e.